The van der Waals surface area contributed by atoms with E-state index in [1.54, 1.807) is 38.1 Å². The van der Waals surface area contributed by atoms with Crippen molar-refractivity contribution in [3.8, 4) is 23.0 Å². The van der Waals surface area contributed by atoms with Crippen LogP contribution in [0.3, 0.4) is 0 Å². The number of benzene rings is 2. The summed E-state index contributed by atoms with van der Waals surface area (Å²) < 4.78 is 60.9. The first-order valence-corrected chi connectivity index (χ1v) is 13.2. The predicted molar refractivity (Wildman–Crippen MR) is 148 cm³/mol. The van der Waals surface area contributed by atoms with Crippen LogP contribution in [-0.2, 0) is 15.7 Å². The third kappa shape index (κ3) is 7.70. The van der Waals surface area contributed by atoms with Gasteiger partial charge in [-0.25, -0.2) is 14.6 Å². The average Bonchev–Trinajstić information content (AvgIpc) is 2.95. The van der Waals surface area contributed by atoms with E-state index in [9.17, 15) is 22.8 Å². The number of carbonyl (C=O) groups is 2. The van der Waals surface area contributed by atoms with E-state index < -0.39 is 28.9 Å². The summed E-state index contributed by atoms with van der Waals surface area (Å²) in [6.45, 7) is 5.74. The topological polar surface area (TPSA) is 124 Å². The Kier molecular flexibility index (Phi) is 9.91. The van der Waals surface area contributed by atoms with Crippen molar-refractivity contribution >= 4 is 41.0 Å². The van der Waals surface area contributed by atoms with Gasteiger partial charge in [-0.1, -0.05) is 11.6 Å². The number of nitrogens with zero attached hydrogens (tertiary/aromatic N) is 3. The summed E-state index contributed by atoms with van der Waals surface area (Å²) in [5.41, 5.74) is -0.304. The number of ether oxygens (including phenoxy) is 4. The minimum Gasteiger partial charge on any atom is -0.486 e. The zero-order chi connectivity index (χ0) is 30.3. The molecule has 2 amide bonds. The van der Waals surface area contributed by atoms with Gasteiger partial charge >= 0.3 is 18.4 Å². The Balaban J connectivity index is 1.57. The maximum atomic E-state index is 13.1. The highest BCUT2D eigenvalue weighted by Crippen LogP contribution is 2.38. The van der Waals surface area contributed by atoms with Crippen molar-refractivity contribution in [2.75, 3.05) is 55.1 Å². The molecular formula is C27H27ClF3N5O6. The number of nitrogens with one attached hydrogen (secondary N) is 2. The molecule has 11 nitrogen and oxygen atoms in total. The molecule has 0 bridgehead atoms. The van der Waals surface area contributed by atoms with Crippen molar-refractivity contribution in [1.82, 2.24) is 9.97 Å². The highest BCUT2D eigenvalue weighted by molar-refractivity contribution is 6.31. The van der Waals surface area contributed by atoms with Crippen LogP contribution >= 0.6 is 11.6 Å². The smallest absolute Gasteiger partial charge is 0.486 e. The van der Waals surface area contributed by atoms with Gasteiger partial charge in [-0.3, -0.25) is 0 Å². The molecule has 2 aromatic carbocycles. The van der Waals surface area contributed by atoms with Crippen LogP contribution in [0.4, 0.5) is 40.0 Å². The first kappa shape index (κ1) is 30.7. The lowest BCUT2D eigenvalue weighted by molar-refractivity contribution is -0.137. The minimum atomic E-state index is -4.67. The molecule has 224 valence electrons. The number of halogens is 4. The zero-order valence-electron chi connectivity index (χ0n) is 22.6. The van der Waals surface area contributed by atoms with Crippen LogP contribution in [0.2, 0.25) is 5.02 Å². The van der Waals surface area contributed by atoms with Gasteiger partial charge in [-0.2, -0.15) is 18.2 Å². The number of morpholine rings is 1. The molecule has 1 aliphatic rings. The molecule has 0 aliphatic carbocycles. The highest BCUT2D eigenvalue weighted by atomic mass is 35.5. The Bertz CT molecular complexity index is 1420. The van der Waals surface area contributed by atoms with Gasteiger partial charge in [0.25, 0.3) is 5.88 Å². The van der Waals surface area contributed by atoms with E-state index in [4.69, 9.17) is 30.5 Å². The fourth-order valence-corrected chi connectivity index (χ4v) is 4.14. The summed E-state index contributed by atoms with van der Waals surface area (Å²) in [6, 6.07) is 8.63. The van der Waals surface area contributed by atoms with Crippen molar-refractivity contribution in [3.63, 3.8) is 0 Å². The normalized spacial score (nSPS) is 13.3. The molecule has 0 saturated carbocycles. The molecule has 4 rings (SSSR count). The molecule has 0 radical (unpaired) electrons. The molecular weight excluding hydrogens is 583 g/mol. The van der Waals surface area contributed by atoms with Crippen LogP contribution in [-0.4, -0.2) is 61.7 Å². The lowest BCUT2D eigenvalue weighted by atomic mass is 10.2. The molecule has 0 unspecified atom stereocenters. The summed E-state index contributed by atoms with van der Waals surface area (Å²) in [5.74, 6) is 0.676. The number of aromatic nitrogens is 2. The van der Waals surface area contributed by atoms with Gasteiger partial charge in [-0.05, 0) is 56.3 Å². The van der Waals surface area contributed by atoms with Gasteiger partial charge in [0.15, 0.2) is 11.6 Å². The van der Waals surface area contributed by atoms with E-state index in [-0.39, 0.29) is 36.4 Å². The standard InChI is InChI=1S/C27H27ClF3N5O6/c1-3-40-21-23(36-11-13-39-14-12-36)34-22(35-24(21)42-26(38)41-4-2)16-5-7-17(8-6-16)32-25(37)33-18-9-10-20(28)19(15-18)27(29,30)31/h5-10,15H,3-4,11-14H2,1-2H3,(H2,32,33,37). The third-order valence-corrected chi connectivity index (χ3v) is 6.12. The number of amides is 2. The molecule has 15 heteroatoms. The molecule has 0 atom stereocenters. The molecule has 1 aromatic heterocycles. The van der Waals surface area contributed by atoms with Crippen LogP contribution in [0.25, 0.3) is 11.4 Å². The van der Waals surface area contributed by atoms with Gasteiger partial charge in [0, 0.05) is 30.0 Å². The average molecular weight is 610 g/mol. The lowest BCUT2D eigenvalue weighted by Gasteiger charge is -2.29. The van der Waals surface area contributed by atoms with E-state index in [1.165, 1.54) is 6.07 Å². The van der Waals surface area contributed by atoms with Crippen molar-refractivity contribution in [3.05, 3.63) is 53.1 Å². The molecule has 2 heterocycles. The van der Waals surface area contributed by atoms with Gasteiger partial charge in [-0.15, -0.1) is 0 Å². The van der Waals surface area contributed by atoms with Gasteiger partial charge in [0.05, 0.1) is 37.0 Å². The monoisotopic (exact) mass is 609 g/mol. The number of alkyl halides is 3. The summed E-state index contributed by atoms with van der Waals surface area (Å²) in [4.78, 5) is 35.6. The number of urea groups is 1. The van der Waals surface area contributed by atoms with E-state index >= 15 is 0 Å². The van der Waals surface area contributed by atoms with E-state index in [2.05, 4.69) is 20.6 Å². The Morgan fingerprint density at radius 1 is 1.00 bits per heavy atom. The molecule has 1 fully saturated rings. The molecule has 1 aliphatic heterocycles. The maximum Gasteiger partial charge on any atom is 0.515 e. The molecule has 3 aromatic rings. The van der Waals surface area contributed by atoms with E-state index in [0.717, 1.165) is 12.1 Å². The zero-order valence-corrected chi connectivity index (χ0v) is 23.3. The Labute approximate surface area is 243 Å². The van der Waals surface area contributed by atoms with Crippen molar-refractivity contribution in [2.45, 2.75) is 20.0 Å². The fraction of sp³-hybridized carbons (Fsp3) is 0.333. The van der Waals surface area contributed by atoms with Gasteiger partial charge < -0.3 is 34.5 Å². The summed E-state index contributed by atoms with van der Waals surface area (Å²) >= 11 is 5.63. The SMILES string of the molecule is CCOC(=O)Oc1nc(-c2ccc(NC(=O)Nc3ccc(Cl)c(C(F)(F)F)c3)cc2)nc(N2CCOCC2)c1OCC. The predicted octanol–water partition coefficient (Wildman–Crippen LogP) is 6.23. The van der Waals surface area contributed by atoms with Crippen LogP contribution < -0.4 is 25.0 Å². The summed E-state index contributed by atoms with van der Waals surface area (Å²) in [7, 11) is 0. The first-order chi connectivity index (χ1) is 20.1. The second kappa shape index (κ2) is 13.6. The maximum absolute atomic E-state index is 13.1. The van der Waals surface area contributed by atoms with Crippen LogP contribution in [0.15, 0.2) is 42.5 Å². The van der Waals surface area contributed by atoms with Crippen LogP contribution in [0, 0.1) is 0 Å². The summed E-state index contributed by atoms with van der Waals surface area (Å²) in [5, 5.41) is 4.42. The van der Waals surface area contributed by atoms with Crippen molar-refractivity contribution in [1.29, 1.82) is 0 Å². The second-order valence-electron chi connectivity index (χ2n) is 8.67. The Morgan fingerprint density at radius 2 is 1.67 bits per heavy atom. The quantitative estimate of drug-likeness (QED) is 0.286. The molecule has 42 heavy (non-hydrogen) atoms. The largest absolute Gasteiger partial charge is 0.515 e. The van der Waals surface area contributed by atoms with Crippen LogP contribution in [0.5, 0.6) is 11.6 Å². The Hall–Kier alpha value is -4.30. The number of hydrogen-bond donors (Lipinski definition) is 2. The number of rotatable bonds is 8. The van der Waals surface area contributed by atoms with Crippen molar-refractivity contribution < 1.29 is 41.7 Å². The molecule has 0 spiro atoms. The van der Waals surface area contributed by atoms with Gasteiger partial charge in [0.1, 0.15) is 0 Å². The molecule has 2 N–H and O–H groups in total. The Morgan fingerprint density at radius 3 is 2.31 bits per heavy atom. The number of anilines is 3. The van der Waals surface area contributed by atoms with E-state index in [1.807, 2.05) is 4.90 Å². The van der Waals surface area contributed by atoms with Crippen LogP contribution in [0.1, 0.15) is 19.4 Å². The van der Waals surface area contributed by atoms with E-state index in [0.29, 0.717) is 43.4 Å². The second-order valence-corrected chi connectivity index (χ2v) is 9.08. The lowest BCUT2D eigenvalue weighted by Crippen LogP contribution is -2.37. The summed E-state index contributed by atoms with van der Waals surface area (Å²) in [6.07, 6.45) is -5.63. The fourth-order valence-electron chi connectivity index (χ4n) is 3.92. The number of carbonyl (C=O) groups excluding carboxylic acids is 2. The van der Waals surface area contributed by atoms with Gasteiger partial charge in [0.2, 0.25) is 5.75 Å². The third-order valence-electron chi connectivity index (χ3n) is 5.79. The first-order valence-electron chi connectivity index (χ1n) is 12.9. The minimum absolute atomic E-state index is 0.0894. The molecule has 1 saturated heterocycles. The number of hydrogen-bond acceptors (Lipinski definition) is 9. The highest BCUT2D eigenvalue weighted by Gasteiger charge is 2.33. The van der Waals surface area contributed by atoms with Crippen molar-refractivity contribution in [2.24, 2.45) is 0 Å².